The lowest BCUT2D eigenvalue weighted by atomic mass is 10.1. The van der Waals surface area contributed by atoms with Crippen LogP contribution in [0.15, 0.2) is 18.2 Å². The molecule has 3 heteroatoms. The van der Waals surface area contributed by atoms with Crippen molar-refractivity contribution in [3.05, 3.63) is 29.6 Å². The Morgan fingerprint density at radius 2 is 1.85 bits per heavy atom. The average Bonchev–Trinajstić information content (AvgIpc) is 2.39. The predicted molar refractivity (Wildman–Crippen MR) is 85.7 cm³/mol. The molecular formula is C17H29FN2. The van der Waals surface area contributed by atoms with Gasteiger partial charge >= 0.3 is 0 Å². The third kappa shape index (κ3) is 4.48. The number of rotatable bonds is 8. The van der Waals surface area contributed by atoms with Crippen LogP contribution in [-0.2, 0) is 6.54 Å². The second kappa shape index (κ2) is 8.25. The van der Waals surface area contributed by atoms with Gasteiger partial charge in [0.05, 0.1) is 5.69 Å². The monoisotopic (exact) mass is 280 g/mol. The summed E-state index contributed by atoms with van der Waals surface area (Å²) < 4.78 is 14.2. The van der Waals surface area contributed by atoms with Crippen LogP contribution in [0.1, 0.15) is 46.1 Å². The van der Waals surface area contributed by atoms with Crippen molar-refractivity contribution < 1.29 is 4.39 Å². The SMILES string of the molecule is CCC(CC)N(C)c1c(F)cccc1CNCC(C)C. The molecule has 0 saturated heterocycles. The van der Waals surface area contributed by atoms with E-state index in [1.807, 2.05) is 13.1 Å². The van der Waals surface area contributed by atoms with E-state index in [1.54, 1.807) is 12.1 Å². The molecule has 20 heavy (non-hydrogen) atoms. The van der Waals surface area contributed by atoms with E-state index in [0.717, 1.165) is 37.2 Å². The molecule has 0 unspecified atom stereocenters. The molecule has 0 fully saturated rings. The average molecular weight is 280 g/mol. The summed E-state index contributed by atoms with van der Waals surface area (Å²) in [5, 5.41) is 3.41. The molecule has 1 aromatic carbocycles. The van der Waals surface area contributed by atoms with Gasteiger partial charge in [-0.25, -0.2) is 4.39 Å². The molecule has 0 aromatic heterocycles. The summed E-state index contributed by atoms with van der Waals surface area (Å²) in [7, 11) is 2.00. The topological polar surface area (TPSA) is 15.3 Å². The molecule has 0 saturated carbocycles. The smallest absolute Gasteiger partial charge is 0.146 e. The molecule has 0 aliphatic carbocycles. The maximum absolute atomic E-state index is 14.2. The number of benzene rings is 1. The minimum absolute atomic E-state index is 0.122. The van der Waals surface area contributed by atoms with Crippen molar-refractivity contribution in [3.8, 4) is 0 Å². The number of nitrogens with zero attached hydrogens (tertiary/aromatic N) is 1. The van der Waals surface area contributed by atoms with Crippen LogP contribution >= 0.6 is 0 Å². The Balaban J connectivity index is 2.92. The lowest BCUT2D eigenvalue weighted by molar-refractivity contribution is 0.541. The van der Waals surface area contributed by atoms with Crippen molar-refractivity contribution >= 4 is 5.69 Å². The Morgan fingerprint density at radius 1 is 1.20 bits per heavy atom. The molecule has 0 heterocycles. The first-order chi connectivity index (χ1) is 9.51. The summed E-state index contributed by atoms with van der Waals surface area (Å²) in [4.78, 5) is 2.10. The highest BCUT2D eigenvalue weighted by Gasteiger charge is 2.18. The van der Waals surface area contributed by atoms with E-state index >= 15 is 0 Å². The molecule has 0 spiro atoms. The van der Waals surface area contributed by atoms with Crippen molar-refractivity contribution in [3.63, 3.8) is 0 Å². The molecule has 2 nitrogen and oxygen atoms in total. The van der Waals surface area contributed by atoms with Crippen molar-refractivity contribution in [2.24, 2.45) is 5.92 Å². The lowest BCUT2D eigenvalue weighted by Gasteiger charge is -2.30. The van der Waals surface area contributed by atoms with Crippen LogP contribution in [0.3, 0.4) is 0 Å². The number of nitrogens with one attached hydrogen (secondary N) is 1. The van der Waals surface area contributed by atoms with E-state index in [4.69, 9.17) is 0 Å². The summed E-state index contributed by atoms with van der Waals surface area (Å²) in [6.45, 7) is 10.3. The van der Waals surface area contributed by atoms with Gasteiger partial charge in [0.1, 0.15) is 5.82 Å². The first-order valence-electron chi connectivity index (χ1n) is 7.72. The fraction of sp³-hybridized carbons (Fsp3) is 0.647. The van der Waals surface area contributed by atoms with Gasteiger partial charge in [0, 0.05) is 19.6 Å². The van der Waals surface area contributed by atoms with Crippen LogP contribution in [0, 0.1) is 11.7 Å². The molecule has 0 aliphatic heterocycles. The zero-order valence-corrected chi connectivity index (χ0v) is 13.5. The molecule has 0 aliphatic rings. The fourth-order valence-corrected chi connectivity index (χ4v) is 2.61. The van der Waals surface area contributed by atoms with E-state index in [2.05, 4.69) is 37.9 Å². The van der Waals surface area contributed by atoms with Gasteiger partial charge in [0.2, 0.25) is 0 Å². The molecule has 0 amide bonds. The van der Waals surface area contributed by atoms with Gasteiger partial charge in [-0.1, -0.05) is 39.8 Å². The van der Waals surface area contributed by atoms with Gasteiger partial charge in [-0.2, -0.15) is 0 Å². The van der Waals surface area contributed by atoms with Crippen LogP contribution in [0.5, 0.6) is 0 Å². The first kappa shape index (κ1) is 17.0. The third-order valence-corrected chi connectivity index (χ3v) is 3.78. The fourth-order valence-electron chi connectivity index (χ4n) is 2.61. The Bertz CT molecular complexity index is 400. The highest BCUT2D eigenvalue weighted by Crippen LogP contribution is 2.26. The normalized spacial score (nSPS) is 11.4. The zero-order chi connectivity index (χ0) is 15.1. The molecular weight excluding hydrogens is 251 g/mol. The number of para-hydroxylation sites is 1. The van der Waals surface area contributed by atoms with Crippen LogP contribution in [0.4, 0.5) is 10.1 Å². The largest absolute Gasteiger partial charge is 0.369 e. The van der Waals surface area contributed by atoms with E-state index in [-0.39, 0.29) is 5.82 Å². The minimum atomic E-state index is -0.122. The maximum Gasteiger partial charge on any atom is 0.146 e. The summed E-state index contributed by atoms with van der Waals surface area (Å²) >= 11 is 0. The van der Waals surface area contributed by atoms with E-state index in [1.165, 1.54) is 0 Å². The maximum atomic E-state index is 14.2. The molecule has 1 rings (SSSR count). The Labute approximate surface area is 123 Å². The zero-order valence-electron chi connectivity index (χ0n) is 13.5. The molecule has 114 valence electrons. The van der Waals surface area contributed by atoms with Crippen molar-refractivity contribution in [1.29, 1.82) is 0 Å². The van der Waals surface area contributed by atoms with Crippen molar-refractivity contribution in [1.82, 2.24) is 5.32 Å². The van der Waals surface area contributed by atoms with Crippen molar-refractivity contribution in [2.45, 2.75) is 53.1 Å². The number of hydrogen-bond acceptors (Lipinski definition) is 2. The van der Waals surface area contributed by atoms with Gasteiger partial charge < -0.3 is 10.2 Å². The van der Waals surface area contributed by atoms with Crippen molar-refractivity contribution in [2.75, 3.05) is 18.5 Å². The van der Waals surface area contributed by atoms with E-state index in [0.29, 0.717) is 12.0 Å². The quantitative estimate of drug-likeness (QED) is 0.768. The summed E-state index contributed by atoms with van der Waals surface area (Å²) in [6, 6.07) is 5.76. The van der Waals surface area contributed by atoms with Gasteiger partial charge in [-0.15, -0.1) is 0 Å². The third-order valence-electron chi connectivity index (χ3n) is 3.78. The second-order valence-corrected chi connectivity index (χ2v) is 5.85. The van der Waals surface area contributed by atoms with Crippen LogP contribution in [0.25, 0.3) is 0 Å². The highest BCUT2D eigenvalue weighted by molar-refractivity contribution is 5.55. The molecule has 0 radical (unpaired) electrons. The Hall–Kier alpha value is -1.09. The molecule has 0 bridgehead atoms. The van der Waals surface area contributed by atoms with Gasteiger partial charge in [0.25, 0.3) is 0 Å². The lowest BCUT2D eigenvalue weighted by Crippen LogP contribution is -2.32. The van der Waals surface area contributed by atoms with Gasteiger partial charge in [0.15, 0.2) is 0 Å². The molecule has 1 N–H and O–H groups in total. The number of anilines is 1. The summed E-state index contributed by atoms with van der Waals surface area (Å²) in [5.74, 6) is 0.479. The standard InChI is InChI=1S/C17H29FN2/c1-6-15(7-2)20(5)17-14(9-8-10-16(17)18)12-19-11-13(3)4/h8-10,13,15,19H,6-7,11-12H2,1-5H3. The highest BCUT2D eigenvalue weighted by atomic mass is 19.1. The van der Waals surface area contributed by atoms with E-state index < -0.39 is 0 Å². The van der Waals surface area contributed by atoms with Gasteiger partial charge in [-0.05, 0) is 36.9 Å². The van der Waals surface area contributed by atoms with Crippen LogP contribution < -0.4 is 10.2 Å². The second-order valence-electron chi connectivity index (χ2n) is 5.85. The Morgan fingerprint density at radius 3 is 2.40 bits per heavy atom. The minimum Gasteiger partial charge on any atom is -0.369 e. The summed E-state index contributed by atoms with van der Waals surface area (Å²) in [5.41, 5.74) is 1.79. The van der Waals surface area contributed by atoms with Crippen LogP contribution in [0.2, 0.25) is 0 Å². The molecule has 1 aromatic rings. The predicted octanol–water partition coefficient (Wildman–Crippen LogP) is 4.20. The molecule has 0 atom stereocenters. The summed E-state index contributed by atoms with van der Waals surface area (Å²) in [6.07, 6.45) is 2.06. The van der Waals surface area contributed by atoms with Gasteiger partial charge in [-0.3, -0.25) is 0 Å². The van der Waals surface area contributed by atoms with Crippen LogP contribution in [-0.4, -0.2) is 19.6 Å². The number of halogens is 1. The first-order valence-corrected chi connectivity index (χ1v) is 7.72. The van der Waals surface area contributed by atoms with E-state index in [9.17, 15) is 4.39 Å². The Kier molecular flexibility index (Phi) is 7.00. The number of hydrogen-bond donors (Lipinski definition) is 1.